The Morgan fingerprint density at radius 3 is 1.64 bits per heavy atom. The van der Waals surface area contributed by atoms with Gasteiger partial charge in [-0.15, -0.1) is 13.1 Å². The van der Waals surface area contributed by atoms with Gasteiger partial charge in [0.2, 0.25) is 0 Å². The Morgan fingerprint density at radius 2 is 1.10 bits per heavy atom. The SMILES string of the molecule is C.C.C.C1CCC(COOCCC23CC4CC(CC(C4)C2)C3)OC1.[Br-].[Mg+2].c1ccc2c(c1)CCN(OCCC13CC4CC(CC(C4)C1)C3)C2.c1ccc2c(c1)CCNC2.c1ccc2c(c1)CC[N-]C2. The first-order valence-corrected chi connectivity index (χ1v) is 26.3. The number of fused-ring (bicyclic) bond motifs is 3. The van der Waals surface area contributed by atoms with Crippen LogP contribution in [-0.4, -0.2) is 80.3 Å². The normalized spacial score (nSPS) is 31.4. The van der Waals surface area contributed by atoms with Crippen molar-refractivity contribution in [3.8, 4) is 0 Å². The molecule has 3 aromatic carbocycles. The molecule has 1 atom stereocenters. The van der Waals surface area contributed by atoms with Crippen LogP contribution >= 0.6 is 0 Å². The molecule has 0 radical (unpaired) electrons. The van der Waals surface area contributed by atoms with Crippen LogP contribution in [0.15, 0.2) is 72.8 Å². The van der Waals surface area contributed by atoms with E-state index in [0.29, 0.717) is 17.4 Å². The fourth-order valence-electron chi connectivity index (χ4n) is 15.3. The average Bonchev–Trinajstić information content (AvgIpc) is 3.31. The Kier molecular flexibility index (Phi) is 24.0. The minimum Gasteiger partial charge on any atom is -1.00 e. The minimum atomic E-state index is 0. The summed E-state index contributed by atoms with van der Waals surface area (Å²) in [6.07, 6.45) is 27.9. The summed E-state index contributed by atoms with van der Waals surface area (Å²) in [7, 11) is 0. The van der Waals surface area contributed by atoms with E-state index in [-0.39, 0.29) is 68.4 Å². The topological polar surface area (TPSA) is 66.3 Å². The van der Waals surface area contributed by atoms with Gasteiger partial charge in [0.05, 0.1) is 19.3 Å². The molecule has 4 heterocycles. The van der Waals surface area contributed by atoms with Crippen LogP contribution in [0.1, 0.15) is 165 Å². The molecule has 1 N–H and O–H groups in total. The van der Waals surface area contributed by atoms with E-state index in [0.717, 1.165) is 114 Å². The molecule has 9 fully saturated rings. The van der Waals surface area contributed by atoms with Gasteiger partial charge in [-0.2, -0.15) is 5.06 Å². The first kappa shape index (κ1) is 58.5. The smallest absolute Gasteiger partial charge is 1.00 e. The predicted molar refractivity (Wildman–Crippen MR) is 282 cm³/mol. The van der Waals surface area contributed by atoms with Crippen LogP contribution in [0.5, 0.6) is 0 Å². The maximum Gasteiger partial charge on any atom is 2.00 e. The van der Waals surface area contributed by atoms with E-state index in [4.69, 9.17) is 19.3 Å². The van der Waals surface area contributed by atoms with E-state index in [2.05, 4.69) is 88.5 Å². The largest absolute Gasteiger partial charge is 2.00 e. The molecule has 69 heavy (non-hydrogen) atoms. The molecule has 380 valence electrons. The molecule has 0 spiro atoms. The second kappa shape index (κ2) is 28.3. The second-order valence-corrected chi connectivity index (χ2v) is 22.5. The zero-order chi connectivity index (χ0) is 43.0. The summed E-state index contributed by atoms with van der Waals surface area (Å²) in [4.78, 5) is 17.1. The van der Waals surface area contributed by atoms with Crippen molar-refractivity contribution in [3.05, 3.63) is 111 Å². The van der Waals surface area contributed by atoms with Crippen molar-refractivity contribution in [2.45, 2.75) is 176 Å². The third-order valence-corrected chi connectivity index (χ3v) is 17.6. The monoisotopic (exact) mass is 1020 g/mol. The van der Waals surface area contributed by atoms with Crippen molar-refractivity contribution in [1.82, 2.24) is 10.4 Å². The number of nitrogens with one attached hydrogen (secondary N) is 1. The van der Waals surface area contributed by atoms with Gasteiger partial charge in [-0.25, -0.2) is 9.78 Å². The quantitative estimate of drug-likeness (QED) is 0.0945. The zero-order valence-corrected chi connectivity index (χ0v) is 43.3. The summed E-state index contributed by atoms with van der Waals surface area (Å²) in [6.45, 7) is 9.37. The van der Waals surface area contributed by atoms with Crippen LogP contribution in [0.25, 0.3) is 5.32 Å². The summed E-state index contributed by atoms with van der Waals surface area (Å²) in [5, 5.41) is 9.87. The van der Waals surface area contributed by atoms with Crippen LogP contribution in [0, 0.1) is 46.3 Å². The summed E-state index contributed by atoms with van der Waals surface area (Å²) >= 11 is 0. The molecule has 8 saturated carbocycles. The first-order chi connectivity index (χ1) is 31.5. The molecule has 7 nitrogen and oxygen atoms in total. The summed E-state index contributed by atoms with van der Waals surface area (Å²) in [6, 6.07) is 26.0. The molecule has 15 rings (SSSR count). The third-order valence-electron chi connectivity index (χ3n) is 17.6. The second-order valence-electron chi connectivity index (χ2n) is 22.5. The standard InChI is InChI=1S/C21H29NO.C18H30O3.C9H11N.C9H10N.3CH4.BrH.Mg/c1-2-4-20-15-22(7-5-19(20)3-1)23-8-6-21-12-16-9-17(13-21)11-18(10-16)14-21;1-2-5-19-17(3-1)13-21-20-6-4-18-10-14-7-15(11-18)9-16(8-14)12-18;2*1-2-4-9-7-10-6-5-8(9)3-1;;;;;/h1-4,16-18H,5-15H2;14-17H,1-13H2;1-4,10H,5-7H2;1-4H,5-7H2;3*1H4;1H;/q;;;-1;;;;;+2/p-1. The molecule has 12 aliphatic rings. The van der Waals surface area contributed by atoms with Crippen molar-refractivity contribution in [1.29, 1.82) is 0 Å². The molecule has 0 amide bonds. The molecule has 3 aromatic rings. The van der Waals surface area contributed by atoms with Gasteiger partial charge >= 0.3 is 23.1 Å². The molecule has 1 saturated heterocycles. The van der Waals surface area contributed by atoms with Gasteiger partial charge in [0.15, 0.2) is 0 Å². The van der Waals surface area contributed by atoms with Crippen molar-refractivity contribution in [2.75, 3.05) is 46.1 Å². The molecular formula is C60H92BrMgN3O4. The Morgan fingerprint density at radius 1 is 0.594 bits per heavy atom. The summed E-state index contributed by atoms with van der Waals surface area (Å²) in [5.41, 5.74) is 10.1. The van der Waals surface area contributed by atoms with Crippen LogP contribution in [0.4, 0.5) is 0 Å². The molecular weight excluding hydrogens is 931 g/mol. The maximum atomic E-state index is 6.21. The van der Waals surface area contributed by atoms with Gasteiger partial charge in [-0.3, -0.25) is 4.84 Å². The molecule has 8 aliphatic carbocycles. The van der Waals surface area contributed by atoms with Crippen LogP contribution in [-0.2, 0) is 58.2 Å². The fraction of sp³-hybridized carbons (Fsp3) is 0.700. The number of ether oxygens (including phenoxy) is 1. The number of nitrogens with zero attached hydrogens (tertiary/aromatic N) is 2. The number of hydrogen-bond donors (Lipinski definition) is 1. The molecule has 9 heteroatoms. The van der Waals surface area contributed by atoms with Crippen LogP contribution < -0.4 is 22.3 Å². The van der Waals surface area contributed by atoms with Gasteiger partial charge in [0, 0.05) is 26.2 Å². The van der Waals surface area contributed by atoms with E-state index in [9.17, 15) is 0 Å². The van der Waals surface area contributed by atoms with Gasteiger partial charge in [0.1, 0.15) is 6.61 Å². The van der Waals surface area contributed by atoms with Gasteiger partial charge in [-0.1, -0.05) is 101 Å². The van der Waals surface area contributed by atoms with Gasteiger partial charge < -0.3 is 32.4 Å². The third kappa shape index (κ3) is 15.8. The number of hydroxylamine groups is 2. The van der Waals surface area contributed by atoms with Gasteiger partial charge in [-0.05, 0) is 209 Å². The molecule has 0 aromatic heterocycles. The molecule has 1 unspecified atom stereocenters. The maximum absolute atomic E-state index is 6.21. The number of benzene rings is 3. The Bertz CT molecular complexity index is 1770. The number of halogens is 1. The van der Waals surface area contributed by atoms with Crippen LogP contribution in [0.3, 0.4) is 0 Å². The van der Waals surface area contributed by atoms with Crippen LogP contribution in [0.2, 0.25) is 0 Å². The minimum absolute atomic E-state index is 0. The average molecular weight is 1020 g/mol. The Balaban J connectivity index is 0.000000178. The first-order valence-electron chi connectivity index (χ1n) is 26.3. The van der Waals surface area contributed by atoms with Gasteiger partial charge in [0.25, 0.3) is 0 Å². The van der Waals surface area contributed by atoms with Crippen molar-refractivity contribution in [2.24, 2.45) is 46.3 Å². The Hall–Kier alpha value is -1.37. The zero-order valence-electron chi connectivity index (χ0n) is 40.3. The molecule has 4 aliphatic heterocycles. The van der Waals surface area contributed by atoms with Crippen molar-refractivity contribution in [3.63, 3.8) is 0 Å². The van der Waals surface area contributed by atoms with E-state index < -0.39 is 0 Å². The summed E-state index contributed by atoms with van der Waals surface area (Å²) < 4.78 is 5.65. The number of rotatable bonds is 10. The van der Waals surface area contributed by atoms with E-state index >= 15 is 0 Å². The van der Waals surface area contributed by atoms with E-state index in [1.807, 2.05) is 0 Å². The fourth-order valence-corrected chi connectivity index (χ4v) is 15.3. The predicted octanol–water partition coefficient (Wildman–Crippen LogP) is 10.7. The summed E-state index contributed by atoms with van der Waals surface area (Å²) in [5.74, 6) is 6.28. The van der Waals surface area contributed by atoms with E-state index in [1.54, 1.807) is 19.3 Å². The Labute approximate surface area is 447 Å². The number of hydrogen-bond acceptors (Lipinski definition) is 6. The van der Waals surface area contributed by atoms with E-state index in [1.165, 1.54) is 123 Å². The van der Waals surface area contributed by atoms with Crippen molar-refractivity contribution >= 4 is 23.1 Å². The molecule has 8 bridgehead atoms. The van der Waals surface area contributed by atoms with Crippen molar-refractivity contribution < 1.29 is 36.3 Å².